The van der Waals surface area contributed by atoms with Gasteiger partial charge in [-0.15, -0.1) is 0 Å². The van der Waals surface area contributed by atoms with Crippen molar-refractivity contribution < 1.29 is 18.9 Å². The summed E-state index contributed by atoms with van der Waals surface area (Å²) in [6, 6.07) is 0. The predicted molar refractivity (Wildman–Crippen MR) is 59.3 cm³/mol. The molecule has 2 saturated heterocycles. The van der Waals surface area contributed by atoms with Crippen molar-refractivity contribution in [2.75, 3.05) is 33.5 Å². The van der Waals surface area contributed by atoms with E-state index in [0.29, 0.717) is 12.5 Å². The Kier molecular flexibility index (Phi) is 5.03. The van der Waals surface area contributed by atoms with E-state index in [9.17, 15) is 0 Å². The van der Waals surface area contributed by atoms with Crippen LogP contribution in [0.15, 0.2) is 0 Å². The molecule has 2 rings (SSSR count). The van der Waals surface area contributed by atoms with E-state index in [1.807, 2.05) is 0 Å². The summed E-state index contributed by atoms with van der Waals surface area (Å²) in [6.07, 6.45) is 4.68. The number of ether oxygens (including phenoxy) is 4. The van der Waals surface area contributed by atoms with Crippen molar-refractivity contribution in [2.45, 2.75) is 38.1 Å². The lowest BCUT2D eigenvalue weighted by Crippen LogP contribution is -2.34. The fourth-order valence-electron chi connectivity index (χ4n) is 2.24. The molecule has 16 heavy (non-hydrogen) atoms. The molecule has 0 N–H and O–H groups in total. The van der Waals surface area contributed by atoms with E-state index in [-0.39, 0.29) is 12.4 Å². The summed E-state index contributed by atoms with van der Waals surface area (Å²) in [5.74, 6) is 0.448. The zero-order chi connectivity index (χ0) is 11.2. The lowest BCUT2D eigenvalue weighted by atomic mass is 10.0. The van der Waals surface area contributed by atoms with Gasteiger partial charge in [0.2, 0.25) is 0 Å². The Morgan fingerprint density at radius 3 is 2.94 bits per heavy atom. The number of rotatable bonds is 4. The average molecular weight is 230 g/mol. The van der Waals surface area contributed by atoms with Crippen LogP contribution in [0.4, 0.5) is 0 Å². The molecular formula is C12H22O4. The molecular weight excluding hydrogens is 208 g/mol. The predicted octanol–water partition coefficient (Wildman–Crippen LogP) is 1.58. The molecule has 0 spiro atoms. The first-order chi connectivity index (χ1) is 7.88. The molecule has 2 heterocycles. The van der Waals surface area contributed by atoms with Crippen molar-refractivity contribution in [2.24, 2.45) is 5.92 Å². The van der Waals surface area contributed by atoms with E-state index < -0.39 is 0 Å². The minimum Gasteiger partial charge on any atom is -0.379 e. The Hall–Kier alpha value is -0.160. The molecule has 0 aliphatic carbocycles. The van der Waals surface area contributed by atoms with Crippen LogP contribution in [0.3, 0.4) is 0 Å². The Labute approximate surface area is 97.2 Å². The second-order valence-corrected chi connectivity index (χ2v) is 4.63. The van der Waals surface area contributed by atoms with Crippen molar-refractivity contribution in [1.29, 1.82) is 0 Å². The van der Waals surface area contributed by atoms with Crippen LogP contribution >= 0.6 is 0 Å². The fraction of sp³-hybridized carbons (Fsp3) is 1.00. The van der Waals surface area contributed by atoms with Gasteiger partial charge in [0, 0.05) is 19.6 Å². The molecule has 0 aromatic carbocycles. The molecule has 0 aromatic heterocycles. The van der Waals surface area contributed by atoms with Gasteiger partial charge in [0.15, 0.2) is 6.29 Å². The van der Waals surface area contributed by atoms with Gasteiger partial charge < -0.3 is 18.9 Å². The Bertz CT molecular complexity index is 191. The zero-order valence-corrected chi connectivity index (χ0v) is 10.0. The summed E-state index contributed by atoms with van der Waals surface area (Å²) in [4.78, 5) is 0. The molecule has 2 fully saturated rings. The van der Waals surface area contributed by atoms with Crippen LogP contribution in [0.5, 0.6) is 0 Å². The maximum atomic E-state index is 5.76. The van der Waals surface area contributed by atoms with Crippen LogP contribution in [0.2, 0.25) is 0 Å². The van der Waals surface area contributed by atoms with Gasteiger partial charge >= 0.3 is 0 Å². The number of methoxy groups -OCH3 is 1. The van der Waals surface area contributed by atoms with E-state index in [2.05, 4.69) is 0 Å². The van der Waals surface area contributed by atoms with Gasteiger partial charge in [-0.25, -0.2) is 0 Å². The van der Waals surface area contributed by atoms with Crippen LogP contribution in [-0.2, 0) is 18.9 Å². The zero-order valence-electron chi connectivity index (χ0n) is 10.0. The number of hydrogen-bond donors (Lipinski definition) is 0. The van der Waals surface area contributed by atoms with E-state index >= 15 is 0 Å². The highest BCUT2D eigenvalue weighted by Crippen LogP contribution is 2.19. The second-order valence-electron chi connectivity index (χ2n) is 4.63. The third-order valence-electron chi connectivity index (χ3n) is 3.24. The molecule has 4 nitrogen and oxygen atoms in total. The molecule has 4 heteroatoms. The highest BCUT2D eigenvalue weighted by Gasteiger charge is 2.24. The highest BCUT2D eigenvalue weighted by atomic mass is 16.7. The molecule has 0 bridgehead atoms. The Balaban J connectivity index is 1.64. The van der Waals surface area contributed by atoms with E-state index in [0.717, 1.165) is 39.1 Å². The first kappa shape index (κ1) is 12.3. The van der Waals surface area contributed by atoms with Crippen molar-refractivity contribution in [1.82, 2.24) is 0 Å². The molecule has 0 aromatic rings. The Morgan fingerprint density at radius 2 is 2.19 bits per heavy atom. The quantitative estimate of drug-likeness (QED) is 0.735. The van der Waals surface area contributed by atoms with E-state index in [1.54, 1.807) is 7.11 Å². The molecule has 94 valence electrons. The smallest absolute Gasteiger partial charge is 0.157 e. The molecule has 1 unspecified atom stereocenters. The van der Waals surface area contributed by atoms with Crippen molar-refractivity contribution in [3.63, 3.8) is 0 Å². The second kappa shape index (κ2) is 6.55. The summed E-state index contributed by atoms with van der Waals surface area (Å²) in [5.41, 5.74) is 0. The summed E-state index contributed by atoms with van der Waals surface area (Å²) in [7, 11) is 1.74. The van der Waals surface area contributed by atoms with Gasteiger partial charge in [-0.2, -0.15) is 0 Å². The lowest BCUT2D eigenvalue weighted by molar-refractivity contribution is -0.179. The summed E-state index contributed by atoms with van der Waals surface area (Å²) < 4.78 is 22.1. The Morgan fingerprint density at radius 1 is 1.25 bits per heavy atom. The van der Waals surface area contributed by atoms with Gasteiger partial charge in [-0.05, 0) is 25.7 Å². The first-order valence-electron chi connectivity index (χ1n) is 6.22. The maximum Gasteiger partial charge on any atom is 0.157 e. The maximum absolute atomic E-state index is 5.76. The van der Waals surface area contributed by atoms with Crippen molar-refractivity contribution >= 4 is 0 Å². The molecule has 0 radical (unpaired) electrons. The van der Waals surface area contributed by atoms with Crippen LogP contribution < -0.4 is 0 Å². The molecule has 3 atom stereocenters. The average Bonchev–Trinajstić information content (AvgIpc) is 2.38. The molecule has 0 amide bonds. The van der Waals surface area contributed by atoms with Crippen molar-refractivity contribution in [3.8, 4) is 0 Å². The summed E-state index contributed by atoms with van der Waals surface area (Å²) in [5, 5.41) is 0. The lowest BCUT2D eigenvalue weighted by Gasteiger charge is -2.30. The van der Waals surface area contributed by atoms with Crippen LogP contribution in [-0.4, -0.2) is 45.9 Å². The number of hydrogen-bond acceptors (Lipinski definition) is 4. The minimum absolute atomic E-state index is 0.0108. The van der Waals surface area contributed by atoms with Gasteiger partial charge in [0.25, 0.3) is 0 Å². The first-order valence-corrected chi connectivity index (χ1v) is 6.22. The fourth-order valence-corrected chi connectivity index (χ4v) is 2.24. The van der Waals surface area contributed by atoms with Crippen LogP contribution in [0.25, 0.3) is 0 Å². The van der Waals surface area contributed by atoms with Crippen molar-refractivity contribution in [3.05, 3.63) is 0 Å². The van der Waals surface area contributed by atoms with Gasteiger partial charge in [-0.1, -0.05) is 0 Å². The van der Waals surface area contributed by atoms with Gasteiger partial charge in [0.05, 0.1) is 25.9 Å². The third-order valence-corrected chi connectivity index (χ3v) is 3.24. The normalized spacial score (nSPS) is 36.2. The molecule has 2 aliphatic rings. The van der Waals surface area contributed by atoms with Gasteiger partial charge in [0.1, 0.15) is 0 Å². The standard InChI is InChI=1S/C12H22O4/c1-13-11-6-10(7-14-9-11)8-16-12-4-2-3-5-15-12/h10-12H,2-9H2,1H3/t10-,11+,12?/m0/s1. The SMILES string of the molecule is CO[C@H]1COC[C@@H](COC2CCCCO2)C1. The summed E-state index contributed by atoms with van der Waals surface area (Å²) >= 11 is 0. The van der Waals surface area contributed by atoms with Crippen LogP contribution in [0, 0.1) is 5.92 Å². The largest absolute Gasteiger partial charge is 0.379 e. The summed E-state index contributed by atoms with van der Waals surface area (Å²) in [6.45, 7) is 3.07. The monoisotopic (exact) mass is 230 g/mol. The van der Waals surface area contributed by atoms with Crippen LogP contribution in [0.1, 0.15) is 25.7 Å². The van der Waals surface area contributed by atoms with Gasteiger partial charge in [-0.3, -0.25) is 0 Å². The van der Waals surface area contributed by atoms with E-state index in [1.165, 1.54) is 6.42 Å². The molecule has 2 aliphatic heterocycles. The highest BCUT2D eigenvalue weighted by molar-refractivity contribution is 4.71. The topological polar surface area (TPSA) is 36.9 Å². The van der Waals surface area contributed by atoms with E-state index in [4.69, 9.17) is 18.9 Å². The minimum atomic E-state index is 0.0108. The molecule has 0 saturated carbocycles. The third kappa shape index (κ3) is 3.70.